The summed E-state index contributed by atoms with van der Waals surface area (Å²) in [7, 11) is 0. The summed E-state index contributed by atoms with van der Waals surface area (Å²) in [5.74, 6) is 1.60. The largest absolute Gasteiger partial charge is 0.455 e. The van der Waals surface area contributed by atoms with Crippen molar-refractivity contribution < 1.29 is 4.74 Å². The van der Waals surface area contributed by atoms with E-state index in [0.717, 1.165) is 41.2 Å². The van der Waals surface area contributed by atoms with Gasteiger partial charge in [-0.15, -0.1) is 0 Å². The lowest BCUT2D eigenvalue weighted by atomic mass is 10.2. The molecule has 0 unspecified atom stereocenters. The number of aromatic nitrogens is 1. The van der Waals surface area contributed by atoms with Crippen molar-refractivity contribution in [1.82, 2.24) is 10.3 Å². The highest BCUT2D eigenvalue weighted by Gasteiger charge is 2.05. The van der Waals surface area contributed by atoms with Gasteiger partial charge >= 0.3 is 0 Å². The van der Waals surface area contributed by atoms with Crippen molar-refractivity contribution in [3.05, 3.63) is 52.3 Å². The SMILES string of the molecule is CCCNCc1ccc(Oc2cccnc2C)cc1Br. The van der Waals surface area contributed by atoms with Crippen LogP contribution in [0.25, 0.3) is 0 Å². The van der Waals surface area contributed by atoms with E-state index in [1.54, 1.807) is 6.20 Å². The smallest absolute Gasteiger partial charge is 0.148 e. The van der Waals surface area contributed by atoms with Crippen LogP contribution in [0, 0.1) is 6.92 Å². The number of hydrogen-bond acceptors (Lipinski definition) is 3. The molecule has 0 amide bonds. The van der Waals surface area contributed by atoms with Gasteiger partial charge in [-0.3, -0.25) is 4.98 Å². The van der Waals surface area contributed by atoms with Crippen molar-refractivity contribution in [3.8, 4) is 11.5 Å². The summed E-state index contributed by atoms with van der Waals surface area (Å²) in [6, 6.07) is 9.86. The summed E-state index contributed by atoms with van der Waals surface area (Å²) in [4.78, 5) is 4.22. The molecular weight excluding hydrogens is 316 g/mol. The van der Waals surface area contributed by atoms with Gasteiger partial charge in [0, 0.05) is 17.2 Å². The van der Waals surface area contributed by atoms with Crippen LogP contribution in [-0.4, -0.2) is 11.5 Å². The summed E-state index contributed by atoms with van der Waals surface area (Å²) in [5, 5.41) is 3.39. The Hall–Kier alpha value is -1.39. The lowest BCUT2D eigenvalue weighted by molar-refractivity contribution is 0.475. The van der Waals surface area contributed by atoms with E-state index in [0.29, 0.717) is 0 Å². The number of nitrogens with one attached hydrogen (secondary N) is 1. The summed E-state index contributed by atoms with van der Waals surface area (Å²) in [6.45, 7) is 5.99. The number of hydrogen-bond donors (Lipinski definition) is 1. The first kappa shape index (κ1) is 15.0. The van der Waals surface area contributed by atoms with Crippen LogP contribution in [0.5, 0.6) is 11.5 Å². The molecule has 0 radical (unpaired) electrons. The number of rotatable bonds is 6. The van der Waals surface area contributed by atoms with Crippen LogP contribution in [0.15, 0.2) is 41.0 Å². The molecule has 3 nitrogen and oxygen atoms in total. The summed E-state index contributed by atoms with van der Waals surface area (Å²) in [6.07, 6.45) is 2.90. The Morgan fingerprint density at radius 1 is 1.30 bits per heavy atom. The number of aryl methyl sites for hydroxylation is 1. The Labute approximate surface area is 128 Å². The monoisotopic (exact) mass is 334 g/mol. The Bertz CT molecular complexity index is 572. The molecule has 1 heterocycles. The zero-order valence-corrected chi connectivity index (χ0v) is 13.4. The zero-order chi connectivity index (χ0) is 14.4. The highest BCUT2D eigenvalue weighted by molar-refractivity contribution is 9.10. The molecule has 0 bridgehead atoms. The van der Waals surface area contributed by atoms with E-state index < -0.39 is 0 Å². The average Bonchev–Trinajstić information content (AvgIpc) is 2.44. The van der Waals surface area contributed by atoms with E-state index in [1.165, 1.54) is 5.56 Å². The highest BCUT2D eigenvalue weighted by Crippen LogP contribution is 2.28. The third-order valence-electron chi connectivity index (χ3n) is 2.95. The van der Waals surface area contributed by atoms with Crippen LogP contribution in [0.1, 0.15) is 24.6 Å². The molecule has 2 aromatic rings. The zero-order valence-electron chi connectivity index (χ0n) is 11.8. The molecular formula is C16H19BrN2O. The fourth-order valence-corrected chi connectivity index (χ4v) is 2.34. The standard InChI is InChI=1S/C16H19BrN2O/c1-3-8-18-11-13-6-7-14(10-15(13)17)20-16-5-4-9-19-12(16)2/h4-7,9-10,18H,3,8,11H2,1-2H3. The summed E-state index contributed by atoms with van der Waals surface area (Å²) < 4.78 is 6.91. The van der Waals surface area contributed by atoms with Gasteiger partial charge < -0.3 is 10.1 Å². The van der Waals surface area contributed by atoms with E-state index in [2.05, 4.69) is 39.2 Å². The number of benzene rings is 1. The van der Waals surface area contributed by atoms with Crippen LogP contribution in [-0.2, 0) is 6.54 Å². The normalized spacial score (nSPS) is 10.6. The van der Waals surface area contributed by atoms with Gasteiger partial charge in [-0.1, -0.05) is 28.9 Å². The van der Waals surface area contributed by atoms with Crippen LogP contribution >= 0.6 is 15.9 Å². The third-order valence-corrected chi connectivity index (χ3v) is 3.69. The molecule has 4 heteroatoms. The number of pyridine rings is 1. The highest BCUT2D eigenvalue weighted by atomic mass is 79.9. The Morgan fingerprint density at radius 3 is 2.85 bits per heavy atom. The molecule has 0 saturated heterocycles. The third kappa shape index (κ3) is 4.05. The number of ether oxygens (including phenoxy) is 1. The maximum atomic E-state index is 5.86. The van der Waals surface area contributed by atoms with Crippen molar-refractivity contribution in [1.29, 1.82) is 0 Å². The van der Waals surface area contributed by atoms with Gasteiger partial charge in [0.2, 0.25) is 0 Å². The fraction of sp³-hybridized carbons (Fsp3) is 0.312. The fourth-order valence-electron chi connectivity index (χ4n) is 1.84. The predicted molar refractivity (Wildman–Crippen MR) is 85.2 cm³/mol. The maximum absolute atomic E-state index is 5.86. The molecule has 0 saturated carbocycles. The van der Waals surface area contributed by atoms with Gasteiger partial charge in [-0.05, 0) is 49.7 Å². The lowest BCUT2D eigenvalue weighted by Gasteiger charge is -2.10. The molecule has 0 aliphatic carbocycles. The van der Waals surface area contributed by atoms with Gasteiger partial charge in [0.1, 0.15) is 11.5 Å². The van der Waals surface area contributed by atoms with Gasteiger partial charge in [-0.2, -0.15) is 0 Å². The van der Waals surface area contributed by atoms with Crippen molar-refractivity contribution in [2.75, 3.05) is 6.54 Å². The molecule has 20 heavy (non-hydrogen) atoms. The lowest BCUT2D eigenvalue weighted by Crippen LogP contribution is -2.14. The molecule has 1 aromatic heterocycles. The van der Waals surface area contributed by atoms with Crippen molar-refractivity contribution >= 4 is 15.9 Å². The first-order chi connectivity index (χ1) is 9.70. The molecule has 2 rings (SSSR count). The van der Waals surface area contributed by atoms with E-state index in [4.69, 9.17) is 4.74 Å². The van der Waals surface area contributed by atoms with Crippen molar-refractivity contribution in [2.45, 2.75) is 26.8 Å². The predicted octanol–water partition coefficient (Wildman–Crippen LogP) is 4.44. The molecule has 1 aromatic carbocycles. The Kier molecular flexibility index (Phi) is 5.56. The topological polar surface area (TPSA) is 34.1 Å². The quantitative estimate of drug-likeness (QED) is 0.792. The van der Waals surface area contributed by atoms with Gasteiger partial charge in [0.25, 0.3) is 0 Å². The van der Waals surface area contributed by atoms with Crippen LogP contribution < -0.4 is 10.1 Å². The van der Waals surface area contributed by atoms with E-state index in [1.807, 2.05) is 31.2 Å². The molecule has 106 valence electrons. The molecule has 0 aliphatic rings. The van der Waals surface area contributed by atoms with Gasteiger partial charge in [-0.25, -0.2) is 0 Å². The minimum atomic E-state index is 0.788. The Morgan fingerprint density at radius 2 is 2.15 bits per heavy atom. The van der Waals surface area contributed by atoms with Crippen LogP contribution in [0.4, 0.5) is 0 Å². The van der Waals surface area contributed by atoms with E-state index in [9.17, 15) is 0 Å². The van der Waals surface area contributed by atoms with Crippen molar-refractivity contribution in [2.24, 2.45) is 0 Å². The molecule has 1 N–H and O–H groups in total. The second-order valence-electron chi connectivity index (χ2n) is 4.62. The van der Waals surface area contributed by atoms with Gasteiger partial charge in [0.15, 0.2) is 0 Å². The van der Waals surface area contributed by atoms with E-state index in [-0.39, 0.29) is 0 Å². The second-order valence-corrected chi connectivity index (χ2v) is 5.47. The first-order valence-electron chi connectivity index (χ1n) is 6.79. The molecule has 0 aliphatic heterocycles. The van der Waals surface area contributed by atoms with Crippen molar-refractivity contribution in [3.63, 3.8) is 0 Å². The second kappa shape index (κ2) is 7.41. The van der Waals surface area contributed by atoms with Crippen LogP contribution in [0.2, 0.25) is 0 Å². The maximum Gasteiger partial charge on any atom is 0.148 e. The van der Waals surface area contributed by atoms with Gasteiger partial charge in [0.05, 0.1) is 5.69 Å². The molecule has 0 spiro atoms. The van der Waals surface area contributed by atoms with Crippen LogP contribution in [0.3, 0.4) is 0 Å². The Balaban J connectivity index is 2.07. The first-order valence-corrected chi connectivity index (χ1v) is 7.58. The number of halogens is 1. The van der Waals surface area contributed by atoms with E-state index >= 15 is 0 Å². The molecule has 0 atom stereocenters. The minimum Gasteiger partial charge on any atom is -0.455 e. The summed E-state index contributed by atoms with van der Waals surface area (Å²) in [5.41, 5.74) is 2.12. The summed E-state index contributed by atoms with van der Waals surface area (Å²) >= 11 is 3.60. The minimum absolute atomic E-state index is 0.788. The molecule has 0 fully saturated rings. The number of nitrogens with zero attached hydrogens (tertiary/aromatic N) is 1. The average molecular weight is 335 g/mol.